The maximum atomic E-state index is 13.6. The molecule has 0 atom stereocenters. The summed E-state index contributed by atoms with van der Waals surface area (Å²) in [6.45, 7) is 6.94. The molecule has 0 aromatic carbocycles. The first-order chi connectivity index (χ1) is 17.4. The molecule has 188 valence electrons. The van der Waals surface area contributed by atoms with E-state index in [4.69, 9.17) is 14.7 Å². The topological polar surface area (TPSA) is 115 Å². The Bertz CT molecular complexity index is 1310. The van der Waals surface area contributed by atoms with Crippen LogP contribution in [0.2, 0.25) is 0 Å². The largest absolute Gasteiger partial charge is 0.453 e. The van der Waals surface area contributed by atoms with Gasteiger partial charge in [-0.1, -0.05) is 26.8 Å². The van der Waals surface area contributed by atoms with Gasteiger partial charge in [-0.15, -0.1) is 10.2 Å². The van der Waals surface area contributed by atoms with Crippen molar-refractivity contribution < 1.29 is 14.3 Å². The lowest BCUT2D eigenvalue weighted by molar-refractivity contribution is 0.0995. The number of aromatic nitrogens is 5. The molecule has 4 heterocycles. The summed E-state index contributed by atoms with van der Waals surface area (Å²) in [5.41, 5.74) is 3.62. The highest BCUT2D eigenvalue weighted by Gasteiger charge is 2.43. The van der Waals surface area contributed by atoms with Gasteiger partial charge in [0.15, 0.2) is 5.82 Å². The number of carbonyl (C=O) groups is 2. The van der Waals surface area contributed by atoms with Crippen LogP contribution in [-0.2, 0) is 23.2 Å². The van der Waals surface area contributed by atoms with Crippen LogP contribution in [0.3, 0.4) is 0 Å². The number of nitrogens with zero attached hydrogens (tertiary/aromatic N) is 6. The van der Waals surface area contributed by atoms with E-state index in [1.807, 2.05) is 24.3 Å². The maximum Gasteiger partial charge on any atom is 0.407 e. The van der Waals surface area contributed by atoms with Gasteiger partial charge >= 0.3 is 6.09 Å². The molecule has 1 N–H and O–H groups in total. The van der Waals surface area contributed by atoms with Crippen LogP contribution >= 0.6 is 0 Å². The van der Waals surface area contributed by atoms with Crippen molar-refractivity contribution in [2.24, 2.45) is 0 Å². The van der Waals surface area contributed by atoms with Crippen LogP contribution in [0.5, 0.6) is 0 Å². The second kappa shape index (κ2) is 9.33. The molecule has 1 saturated carbocycles. The summed E-state index contributed by atoms with van der Waals surface area (Å²) in [5, 5.41) is 11.2. The quantitative estimate of drug-likeness (QED) is 0.505. The standard InChI is InChI=1S/C26H31N7O3/c1-5-16(6-2)33-15-28-31-23(33)19-8-7-9-22(30-19)32-14-18-17(24(32)34)12-21(26(3)10-11-26)29-20(18)13-27-25(35)36-4/h7-9,12,15-16H,5-6,10-11,13-14H2,1-4H3,(H,27,35). The third kappa shape index (κ3) is 4.20. The summed E-state index contributed by atoms with van der Waals surface area (Å²) in [6.07, 6.45) is 5.17. The van der Waals surface area contributed by atoms with Crippen molar-refractivity contribution in [3.63, 3.8) is 0 Å². The summed E-state index contributed by atoms with van der Waals surface area (Å²) in [5.74, 6) is 1.10. The van der Waals surface area contributed by atoms with E-state index in [2.05, 4.69) is 40.9 Å². The van der Waals surface area contributed by atoms with E-state index in [0.29, 0.717) is 35.1 Å². The van der Waals surface area contributed by atoms with Gasteiger partial charge in [0, 0.05) is 28.3 Å². The van der Waals surface area contributed by atoms with Crippen LogP contribution in [-0.4, -0.2) is 43.8 Å². The van der Waals surface area contributed by atoms with Crippen LogP contribution < -0.4 is 10.2 Å². The van der Waals surface area contributed by atoms with Crippen molar-refractivity contribution in [1.82, 2.24) is 30.0 Å². The molecule has 1 fully saturated rings. The third-order valence-corrected chi connectivity index (χ3v) is 7.35. The molecule has 0 saturated heterocycles. The smallest absolute Gasteiger partial charge is 0.407 e. The fourth-order valence-electron chi connectivity index (χ4n) is 4.75. The van der Waals surface area contributed by atoms with E-state index in [1.165, 1.54) is 7.11 Å². The van der Waals surface area contributed by atoms with Gasteiger partial charge in [0.1, 0.15) is 17.8 Å². The zero-order valence-electron chi connectivity index (χ0n) is 21.1. The molecule has 0 radical (unpaired) electrons. The van der Waals surface area contributed by atoms with Crippen LogP contribution in [0.1, 0.15) is 79.8 Å². The summed E-state index contributed by atoms with van der Waals surface area (Å²) in [7, 11) is 1.32. The Morgan fingerprint density at radius 1 is 1.22 bits per heavy atom. The van der Waals surface area contributed by atoms with Crippen LogP contribution in [0.25, 0.3) is 11.5 Å². The summed E-state index contributed by atoms with van der Waals surface area (Å²) in [4.78, 5) is 36.7. The predicted octanol–water partition coefficient (Wildman–Crippen LogP) is 4.16. The summed E-state index contributed by atoms with van der Waals surface area (Å²) >= 11 is 0. The number of fused-ring (bicyclic) bond motifs is 1. The van der Waals surface area contributed by atoms with E-state index in [-0.39, 0.29) is 23.9 Å². The second-order valence-electron chi connectivity index (χ2n) is 9.69. The molecule has 10 nitrogen and oxygen atoms in total. The van der Waals surface area contributed by atoms with Crippen LogP contribution in [0.4, 0.5) is 10.6 Å². The molecule has 3 aromatic rings. The number of hydrogen-bond donors (Lipinski definition) is 1. The molecule has 1 aliphatic heterocycles. The number of hydrogen-bond acceptors (Lipinski definition) is 7. The molecule has 2 amide bonds. The summed E-state index contributed by atoms with van der Waals surface area (Å²) in [6, 6.07) is 7.79. The SMILES string of the molecule is CCC(CC)n1cnnc1-c1cccc(N2Cc3c(cc(C4(C)CC4)nc3CNC(=O)OC)C2=O)n1. The van der Waals surface area contributed by atoms with E-state index in [1.54, 1.807) is 11.2 Å². The minimum atomic E-state index is -0.536. The van der Waals surface area contributed by atoms with Crippen molar-refractivity contribution in [3.8, 4) is 11.5 Å². The third-order valence-electron chi connectivity index (χ3n) is 7.35. The van der Waals surface area contributed by atoms with Gasteiger partial charge in [0.25, 0.3) is 5.91 Å². The molecular weight excluding hydrogens is 458 g/mol. The maximum absolute atomic E-state index is 13.6. The van der Waals surface area contributed by atoms with Gasteiger partial charge in [-0.05, 0) is 43.9 Å². The molecule has 1 aliphatic carbocycles. The Morgan fingerprint density at radius 2 is 2.00 bits per heavy atom. The first-order valence-electron chi connectivity index (χ1n) is 12.4. The van der Waals surface area contributed by atoms with Crippen molar-refractivity contribution >= 4 is 17.8 Å². The zero-order chi connectivity index (χ0) is 25.4. The highest BCUT2D eigenvalue weighted by Crippen LogP contribution is 2.47. The lowest BCUT2D eigenvalue weighted by Gasteiger charge is -2.18. The van der Waals surface area contributed by atoms with Crippen molar-refractivity contribution in [2.75, 3.05) is 12.0 Å². The van der Waals surface area contributed by atoms with Crippen LogP contribution in [0, 0.1) is 0 Å². The molecule has 5 rings (SSSR count). The van der Waals surface area contributed by atoms with Gasteiger partial charge in [0.05, 0.1) is 25.9 Å². The number of nitrogens with one attached hydrogen (secondary N) is 1. The lowest BCUT2D eigenvalue weighted by atomic mass is 9.99. The normalized spacial score (nSPS) is 15.8. The molecule has 10 heteroatoms. The fraction of sp³-hybridized carbons (Fsp3) is 0.462. The number of pyridine rings is 2. The highest BCUT2D eigenvalue weighted by molar-refractivity contribution is 6.10. The average Bonchev–Trinajstić information content (AvgIpc) is 3.32. The van der Waals surface area contributed by atoms with E-state index in [0.717, 1.165) is 36.9 Å². The number of methoxy groups -OCH3 is 1. The van der Waals surface area contributed by atoms with Crippen LogP contribution in [0.15, 0.2) is 30.6 Å². The highest BCUT2D eigenvalue weighted by atomic mass is 16.5. The predicted molar refractivity (Wildman–Crippen MR) is 133 cm³/mol. The molecule has 0 unspecified atom stereocenters. The Kier molecular flexibility index (Phi) is 6.19. The summed E-state index contributed by atoms with van der Waals surface area (Å²) < 4.78 is 6.78. The number of amides is 2. The van der Waals surface area contributed by atoms with E-state index < -0.39 is 6.09 Å². The Balaban J connectivity index is 1.49. The lowest BCUT2D eigenvalue weighted by Crippen LogP contribution is -2.25. The minimum absolute atomic E-state index is 0.0277. The first-order valence-corrected chi connectivity index (χ1v) is 12.4. The van der Waals surface area contributed by atoms with E-state index in [9.17, 15) is 9.59 Å². The number of rotatable bonds is 8. The Labute approximate surface area is 210 Å². The van der Waals surface area contributed by atoms with Gasteiger partial charge in [0.2, 0.25) is 0 Å². The first kappa shape index (κ1) is 23.9. The van der Waals surface area contributed by atoms with Crippen molar-refractivity contribution in [3.05, 3.63) is 53.1 Å². The van der Waals surface area contributed by atoms with Crippen molar-refractivity contribution in [2.45, 2.75) is 71.0 Å². The molecule has 0 spiro atoms. The zero-order valence-corrected chi connectivity index (χ0v) is 21.1. The Hall–Kier alpha value is -3.82. The molecule has 2 aliphatic rings. The second-order valence-corrected chi connectivity index (χ2v) is 9.69. The molecule has 0 bridgehead atoms. The van der Waals surface area contributed by atoms with Gasteiger partial charge in [-0.3, -0.25) is 14.7 Å². The van der Waals surface area contributed by atoms with Gasteiger partial charge < -0.3 is 14.6 Å². The van der Waals surface area contributed by atoms with Crippen molar-refractivity contribution in [1.29, 1.82) is 0 Å². The van der Waals surface area contributed by atoms with E-state index >= 15 is 0 Å². The van der Waals surface area contributed by atoms with Gasteiger partial charge in [-0.25, -0.2) is 9.78 Å². The fourth-order valence-corrected chi connectivity index (χ4v) is 4.75. The van der Waals surface area contributed by atoms with Gasteiger partial charge in [-0.2, -0.15) is 0 Å². The number of alkyl carbamates (subject to hydrolysis) is 1. The molecule has 3 aromatic heterocycles. The minimum Gasteiger partial charge on any atom is -0.453 e. The number of carbonyl (C=O) groups excluding carboxylic acids is 2. The molecular formula is C26H31N7O3. The monoisotopic (exact) mass is 489 g/mol. The molecule has 36 heavy (non-hydrogen) atoms. The average molecular weight is 490 g/mol. The number of ether oxygens (including phenoxy) is 1. The Morgan fingerprint density at radius 3 is 2.69 bits per heavy atom. The number of anilines is 1.